The Labute approximate surface area is 186 Å². The number of hydrogen-bond donors (Lipinski definition) is 0. The molecule has 9 heteroatoms. The van der Waals surface area contributed by atoms with Crippen LogP contribution < -0.4 is 4.74 Å². The van der Waals surface area contributed by atoms with Gasteiger partial charge in [0.2, 0.25) is 0 Å². The van der Waals surface area contributed by atoms with Gasteiger partial charge in [-0.1, -0.05) is 0 Å². The van der Waals surface area contributed by atoms with Crippen molar-refractivity contribution in [3.05, 3.63) is 42.1 Å². The average Bonchev–Trinajstić information content (AvgIpc) is 2.76. The first-order chi connectivity index (χ1) is 15.2. The molecule has 1 fully saturated rings. The summed E-state index contributed by atoms with van der Waals surface area (Å²) in [5.41, 5.74) is 0.0971. The number of nitrogens with zero attached hydrogens (tertiary/aromatic N) is 3. The molecule has 2 aromatic rings. The number of piperidine rings is 1. The van der Waals surface area contributed by atoms with Gasteiger partial charge in [0, 0.05) is 24.7 Å². The Morgan fingerprint density at radius 1 is 1.16 bits per heavy atom. The van der Waals surface area contributed by atoms with E-state index in [2.05, 4.69) is 14.7 Å². The minimum atomic E-state index is -0.606. The number of carbonyl (C=O) groups is 2. The number of carbonyl (C=O) groups excluding carboxylic acids is 2. The summed E-state index contributed by atoms with van der Waals surface area (Å²) >= 11 is 0. The van der Waals surface area contributed by atoms with Crippen LogP contribution in [-0.2, 0) is 9.47 Å². The smallest absolute Gasteiger partial charge is 0.410 e. The average molecular weight is 445 g/mol. The Morgan fingerprint density at radius 2 is 1.88 bits per heavy atom. The topological polar surface area (TPSA) is 90.9 Å². The fourth-order valence-electron chi connectivity index (χ4n) is 3.29. The lowest BCUT2D eigenvalue weighted by Gasteiger charge is -2.33. The molecule has 1 saturated heterocycles. The van der Waals surface area contributed by atoms with E-state index in [1.54, 1.807) is 17.0 Å². The van der Waals surface area contributed by atoms with Gasteiger partial charge in [0.1, 0.15) is 17.2 Å². The molecule has 1 aliphatic rings. The number of benzene rings is 1. The summed E-state index contributed by atoms with van der Waals surface area (Å²) < 4.78 is 30.4. The number of halogens is 1. The number of esters is 1. The molecule has 3 rings (SSSR count). The van der Waals surface area contributed by atoms with E-state index in [0.717, 1.165) is 12.8 Å². The maximum Gasteiger partial charge on any atom is 0.410 e. The Morgan fingerprint density at radius 3 is 2.44 bits per heavy atom. The van der Waals surface area contributed by atoms with Gasteiger partial charge < -0.3 is 19.1 Å². The molecule has 1 aromatic carbocycles. The number of likely N-dealkylation sites (tertiary alicyclic amines) is 1. The molecule has 0 aliphatic carbocycles. The third kappa shape index (κ3) is 6.15. The van der Waals surface area contributed by atoms with E-state index in [1.807, 2.05) is 20.8 Å². The third-order valence-electron chi connectivity index (χ3n) is 5.01. The zero-order valence-corrected chi connectivity index (χ0v) is 18.8. The predicted molar refractivity (Wildman–Crippen MR) is 115 cm³/mol. The first-order valence-corrected chi connectivity index (χ1v) is 10.5. The second-order valence-electron chi connectivity index (χ2n) is 8.64. The number of amides is 1. The van der Waals surface area contributed by atoms with Crippen molar-refractivity contribution in [2.75, 3.05) is 26.8 Å². The normalized spacial score (nSPS) is 14.7. The Bertz CT molecular complexity index is 951. The van der Waals surface area contributed by atoms with Crippen LogP contribution in [0.3, 0.4) is 0 Å². The minimum Gasteiger partial charge on any atom is -0.493 e. The third-order valence-corrected chi connectivity index (χ3v) is 5.01. The summed E-state index contributed by atoms with van der Waals surface area (Å²) in [5, 5.41) is 0. The molecule has 0 N–H and O–H groups in total. The van der Waals surface area contributed by atoms with Gasteiger partial charge in [-0.05, 0) is 51.7 Å². The first-order valence-electron chi connectivity index (χ1n) is 10.5. The van der Waals surface area contributed by atoms with Crippen molar-refractivity contribution in [2.45, 2.75) is 39.2 Å². The van der Waals surface area contributed by atoms with E-state index in [1.165, 1.54) is 25.6 Å². The van der Waals surface area contributed by atoms with Crippen LogP contribution in [0.15, 0.2) is 30.6 Å². The highest BCUT2D eigenvalue weighted by Crippen LogP contribution is 2.26. The van der Waals surface area contributed by atoms with Gasteiger partial charge in [0.25, 0.3) is 0 Å². The van der Waals surface area contributed by atoms with Gasteiger partial charge in [-0.2, -0.15) is 0 Å². The van der Waals surface area contributed by atoms with Crippen LogP contribution in [0.25, 0.3) is 11.3 Å². The fourth-order valence-corrected chi connectivity index (χ4v) is 3.29. The Balaban J connectivity index is 1.52. The van der Waals surface area contributed by atoms with Gasteiger partial charge in [-0.3, -0.25) is 4.98 Å². The highest BCUT2D eigenvalue weighted by molar-refractivity contribution is 5.86. The summed E-state index contributed by atoms with van der Waals surface area (Å²) in [6.45, 7) is 7.20. The number of methoxy groups -OCH3 is 1. The molecule has 32 heavy (non-hydrogen) atoms. The maximum atomic E-state index is 14.6. The molecule has 0 atom stereocenters. The lowest BCUT2D eigenvalue weighted by Crippen LogP contribution is -2.42. The number of rotatable bonds is 5. The molecule has 1 aliphatic heterocycles. The zero-order chi connectivity index (χ0) is 23.3. The van der Waals surface area contributed by atoms with Crippen molar-refractivity contribution < 1.29 is 28.2 Å². The fraction of sp³-hybridized carbons (Fsp3) is 0.478. The predicted octanol–water partition coefficient (Wildman–Crippen LogP) is 4.10. The second kappa shape index (κ2) is 9.93. The summed E-state index contributed by atoms with van der Waals surface area (Å²) in [5.74, 6) is -0.416. The quantitative estimate of drug-likeness (QED) is 0.640. The van der Waals surface area contributed by atoms with Crippen LogP contribution >= 0.6 is 0 Å². The van der Waals surface area contributed by atoms with Gasteiger partial charge in [-0.25, -0.2) is 19.0 Å². The molecule has 0 radical (unpaired) electrons. The molecule has 0 saturated carbocycles. The molecule has 172 valence electrons. The lowest BCUT2D eigenvalue weighted by atomic mass is 9.98. The van der Waals surface area contributed by atoms with E-state index in [9.17, 15) is 14.0 Å². The molecular weight excluding hydrogens is 417 g/mol. The van der Waals surface area contributed by atoms with Crippen molar-refractivity contribution >= 4 is 12.1 Å². The van der Waals surface area contributed by atoms with Gasteiger partial charge >= 0.3 is 12.1 Å². The van der Waals surface area contributed by atoms with E-state index in [0.29, 0.717) is 31.1 Å². The van der Waals surface area contributed by atoms with Crippen LogP contribution in [0, 0.1) is 11.7 Å². The van der Waals surface area contributed by atoms with Crippen LogP contribution in [0.2, 0.25) is 0 Å². The largest absolute Gasteiger partial charge is 0.493 e. The molecule has 0 bridgehead atoms. The Kier molecular flexibility index (Phi) is 7.27. The van der Waals surface area contributed by atoms with Crippen molar-refractivity contribution in [2.24, 2.45) is 5.92 Å². The lowest BCUT2D eigenvalue weighted by molar-refractivity contribution is 0.0164. The van der Waals surface area contributed by atoms with E-state index in [-0.39, 0.29) is 23.3 Å². The van der Waals surface area contributed by atoms with Crippen molar-refractivity contribution in [1.29, 1.82) is 0 Å². The van der Waals surface area contributed by atoms with Gasteiger partial charge in [0.15, 0.2) is 5.69 Å². The van der Waals surface area contributed by atoms with Crippen LogP contribution in [0.4, 0.5) is 9.18 Å². The second-order valence-corrected chi connectivity index (χ2v) is 8.64. The first kappa shape index (κ1) is 23.4. The molecule has 1 amide bonds. The summed E-state index contributed by atoms with van der Waals surface area (Å²) in [4.78, 5) is 33.3. The zero-order valence-electron chi connectivity index (χ0n) is 18.8. The monoisotopic (exact) mass is 445 g/mol. The van der Waals surface area contributed by atoms with E-state index in [4.69, 9.17) is 9.47 Å². The van der Waals surface area contributed by atoms with Crippen LogP contribution in [0.5, 0.6) is 5.75 Å². The van der Waals surface area contributed by atoms with E-state index < -0.39 is 17.4 Å². The summed E-state index contributed by atoms with van der Waals surface area (Å²) in [7, 11) is 1.25. The molecule has 2 heterocycles. The number of hydrogen-bond acceptors (Lipinski definition) is 7. The summed E-state index contributed by atoms with van der Waals surface area (Å²) in [6.07, 6.45) is 3.86. The van der Waals surface area contributed by atoms with Gasteiger partial charge in [-0.15, -0.1) is 0 Å². The molecule has 0 unspecified atom stereocenters. The van der Waals surface area contributed by atoms with Crippen LogP contribution in [0.1, 0.15) is 44.1 Å². The number of aromatic nitrogens is 2. The minimum absolute atomic E-state index is 0.0503. The van der Waals surface area contributed by atoms with Crippen LogP contribution in [-0.4, -0.2) is 59.3 Å². The van der Waals surface area contributed by atoms with Crippen molar-refractivity contribution in [3.8, 4) is 17.0 Å². The molecule has 0 spiro atoms. The van der Waals surface area contributed by atoms with Gasteiger partial charge in [0.05, 0.1) is 31.8 Å². The van der Waals surface area contributed by atoms with Crippen molar-refractivity contribution in [3.63, 3.8) is 0 Å². The van der Waals surface area contributed by atoms with Crippen molar-refractivity contribution in [1.82, 2.24) is 14.9 Å². The molecule has 1 aromatic heterocycles. The SMILES string of the molecule is COC(=O)c1cnc(-c2ccc(OCC3CCN(C(=O)OC(C)(C)C)CC3)cc2F)cn1. The Hall–Kier alpha value is -3.23. The standard InChI is InChI=1S/C23H28FN3O5/c1-23(2,3)32-22(29)27-9-7-15(8-10-27)14-31-16-5-6-17(18(24)11-16)19-12-26-20(13-25-19)21(28)30-4/h5-6,11-13,15H,7-10,14H2,1-4H3. The molecule has 8 nitrogen and oxygen atoms in total. The maximum absolute atomic E-state index is 14.6. The highest BCUT2D eigenvalue weighted by atomic mass is 19.1. The highest BCUT2D eigenvalue weighted by Gasteiger charge is 2.27. The molecular formula is C23H28FN3O5. The summed E-state index contributed by atoms with van der Waals surface area (Å²) in [6, 6.07) is 4.54. The number of ether oxygens (including phenoxy) is 3. The van der Waals surface area contributed by atoms with E-state index >= 15 is 0 Å².